The lowest BCUT2D eigenvalue weighted by Crippen LogP contribution is -2.39. The van der Waals surface area contributed by atoms with Crippen LogP contribution in [0.15, 0.2) is 29.2 Å². The van der Waals surface area contributed by atoms with E-state index in [-0.39, 0.29) is 0 Å². The fraction of sp³-hybridized carbons (Fsp3) is 0.684. The van der Waals surface area contributed by atoms with Gasteiger partial charge < -0.3 is 5.32 Å². The second kappa shape index (κ2) is 7.19. The second-order valence-corrected chi connectivity index (χ2v) is 7.97. The predicted octanol–water partition coefficient (Wildman–Crippen LogP) is 5.07. The van der Waals surface area contributed by atoms with E-state index >= 15 is 0 Å². The Hall–Kier alpha value is -0.470. The molecular formula is C19H29NS. The van der Waals surface area contributed by atoms with Crippen molar-refractivity contribution in [3.8, 4) is 0 Å². The van der Waals surface area contributed by atoms with Crippen LogP contribution in [0.25, 0.3) is 0 Å². The molecule has 1 aromatic carbocycles. The van der Waals surface area contributed by atoms with Crippen molar-refractivity contribution >= 4 is 11.8 Å². The van der Waals surface area contributed by atoms with Gasteiger partial charge in [0.05, 0.1) is 0 Å². The first-order valence-corrected chi connectivity index (χ1v) is 9.69. The number of hydrogen-bond acceptors (Lipinski definition) is 2. The van der Waals surface area contributed by atoms with Crippen LogP contribution < -0.4 is 5.32 Å². The molecule has 0 aromatic heterocycles. The van der Waals surface area contributed by atoms with Crippen molar-refractivity contribution in [2.75, 3.05) is 12.8 Å². The number of thioether (sulfide) groups is 1. The molecule has 0 saturated heterocycles. The van der Waals surface area contributed by atoms with Gasteiger partial charge in [-0.2, -0.15) is 0 Å². The number of hydrogen-bond donors (Lipinski definition) is 1. The Morgan fingerprint density at radius 3 is 2.90 bits per heavy atom. The molecule has 4 unspecified atom stereocenters. The summed E-state index contributed by atoms with van der Waals surface area (Å²) in [5.74, 6) is 3.93. The average molecular weight is 304 g/mol. The summed E-state index contributed by atoms with van der Waals surface area (Å²) in [6, 6.07) is 9.81. The van der Waals surface area contributed by atoms with E-state index in [1.807, 2.05) is 0 Å². The van der Waals surface area contributed by atoms with E-state index in [1.54, 1.807) is 5.56 Å². The molecule has 4 atom stereocenters. The van der Waals surface area contributed by atoms with Gasteiger partial charge in [0, 0.05) is 16.7 Å². The maximum atomic E-state index is 3.61. The monoisotopic (exact) mass is 303 g/mol. The normalized spacial score (nSPS) is 32.1. The largest absolute Gasteiger partial charge is 0.317 e. The summed E-state index contributed by atoms with van der Waals surface area (Å²) in [4.78, 5) is 1.53. The molecule has 116 valence electrons. The Morgan fingerprint density at radius 1 is 1.24 bits per heavy atom. The molecule has 1 saturated carbocycles. The van der Waals surface area contributed by atoms with Crippen LogP contribution in [-0.4, -0.2) is 18.8 Å². The van der Waals surface area contributed by atoms with Gasteiger partial charge in [-0.1, -0.05) is 38.0 Å². The minimum Gasteiger partial charge on any atom is -0.317 e. The zero-order chi connectivity index (χ0) is 14.7. The van der Waals surface area contributed by atoms with E-state index < -0.39 is 0 Å². The van der Waals surface area contributed by atoms with E-state index in [9.17, 15) is 0 Å². The highest BCUT2D eigenvalue weighted by atomic mass is 32.2. The summed E-state index contributed by atoms with van der Waals surface area (Å²) in [5.41, 5.74) is 1.62. The maximum absolute atomic E-state index is 3.61. The Bertz CT molecular complexity index is 459. The predicted molar refractivity (Wildman–Crippen MR) is 93.1 cm³/mol. The summed E-state index contributed by atoms with van der Waals surface area (Å²) >= 11 is 2.06. The molecule has 1 aromatic rings. The zero-order valence-electron chi connectivity index (χ0n) is 13.5. The fourth-order valence-corrected chi connectivity index (χ4v) is 5.73. The van der Waals surface area contributed by atoms with E-state index in [4.69, 9.17) is 0 Å². The third kappa shape index (κ3) is 3.48. The van der Waals surface area contributed by atoms with Crippen LogP contribution in [0.1, 0.15) is 56.9 Å². The summed E-state index contributed by atoms with van der Waals surface area (Å²) in [6.07, 6.45) is 8.43. The zero-order valence-corrected chi connectivity index (χ0v) is 14.3. The maximum Gasteiger partial charge on any atom is 0.0107 e. The first kappa shape index (κ1) is 15.4. The molecule has 0 amide bonds. The summed E-state index contributed by atoms with van der Waals surface area (Å²) < 4.78 is 0. The van der Waals surface area contributed by atoms with Gasteiger partial charge in [-0.15, -0.1) is 11.8 Å². The minimum atomic E-state index is 0.746. The molecule has 1 heterocycles. The van der Waals surface area contributed by atoms with Gasteiger partial charge in [-0.05, 0) is 62.1 Å². The molecule has 1 N–H and O–H groups in total. The molecule has 1 aliphatic carbocycles. The number of nitrogens with one attached hydrogen (secondary N) is 1. The molecule has 1 aliphatic heterocycles. The van der Waals surface area contributed by atoms with Crippen LogP contribution >= 0.6 is 11.8 Å². The number of benzene rings is 1. The van der Waals surface area contributed by atoms with Gasteiger partial charge in [0.2, 0.25) is 0 Å². The van der Waals surface area contributed by atoms with Gasteiger partial charge in [-0.3, -0.25) is 0 Å². The third-order valence-electron chi connectivity index (χ3n) is 5.54. The smallest absolute Gasteiger partial charge is 0.0107 e. The molecular weight excluding hydrogens is 274 g/mol. The SMILES string of the molecule is CCCC1CCC(NC)C(CC2CSc3ccccc32)C1. The lowest BCUT2D eigenvalue weighted by Gasteiger charge is -2.37. The van der Waals surface area contributed by atoms with Crippen molar-refractivity contribution in [2.45, 2.75) is 62.3 Å². The minimum absolute atomic E-state index is 0.746. The van der Waals surface area contributed by atoms with Crippen LogP contribution in [0.5, 0.6) is 0 Å². The first-order valence-electron chi connectivity index (χ1n) is 8.70. The van der Waals surface area contributed by atoms with Gasteiger partial charge in [0.15, 0.2) is 0 Å². The lowest BCUT2D eigenvalue weighted by molar-refractivity contribution is 0.186. The van der Waals surface area contributed by atoms with Crippen molar-refractivity contribution in [1.82, 2.24) is 5.32 Å². The van der Waals surface area contributed by atoms with E-state index in [1.165, 1.54) is 49.2 Å². The van der Waals surface area contributed by atoms with E-state index in [2.05, 4.69) is 55.3 Å². The van der Waals surface area contributed by atoms with Crippen molar-refractivity contribution in [3.63, 3.8) is 0 Å². The Balaban J connectivity index is 1.67. The molecule has 0 radical (unpaired) electrons. The Labute approximate surface area is 134 Å². The van der Waals surface area contributed by atoms with Crippen LogP contribution in [0.2, 0.25) is 0 Å². The van der Waals surface area contributed by atoms with Crippen LogP contribution in [0.3, 0.4) is 0 Å². The van der Waals surface area contributed by atoms with Crippen molar-refractivity contribution < 1.29 is 0 Å². The highest BCUT2D eigenvalue weighted by Gasteiger charge is 2.33. The molecule has 1 nitrogen and oxygen atoms in total. The van der Waals surface area contributed by atoms with Gasteiger partial charge >= 0.3 is 0 Å². The van der Waals surface area contributed by atoms with Crippen molar-refractivity contribution in [3.05, 3.63) is 29.8 Å². The summed E-state index contributed by atoms with van der Waals surface area (Å²) in [6.45, 7) is 2.34. The Kier molecular flexibility index (Phi) is 5.29. The molecule has 2 heteroatoms. The third-order valence-corrected chi connectivity index (χ3v) is 6.80. The fourth-order valence-electron chi connectivity index (χ4n) is 4.46. The number of fused-ring (bicyclic) bond motifs is 1. The van der Waals surface area contributed by atoms with Crippen molar-refractivity contribution in [2.24, 2.45) is 11.8 Å². The second-order valence-electron chi connectivity index (χ2n) is 6.90. The molecule has 3 rings (SSSR count). The van der Waals surface area contributed by atoms with E-state index in [0.717, 1.165) is 23.8 Å². The summed E-state index contributed by atoms with van der Waals surface area (Å²) in [7, 11) is 2.16. The highest BCUT2D eigenvalue weighted by molar-refractivity contribution is 7.99. The molecule has 21 heavy (non-hydrogen) atoms. The highest BCUT2D eigenvalue weighted by Crippen LogP contribution is 2.45. The quantitative estimate of drug-likeness (QED) is 0.815. The van der Waals surface area contributed by atoms with Crippen LogP contribution in [0, 0.1) is 11.8 Å². The number of rotatable bonds is 5. The standard InChI is InChI=1S/C19H29NS/c1-3-6-14-9-10-18(20-2)15(11-14)12-16-13-21-19-8-5-4-7-17(16)19/h4-5,7-8,14-16,18,20H,3,6,9-13H2,1-2H3. The van der Waals surface area contributed by atoms with Gasteiger partial charge in [0.25, 0.3) is 0 Å². The van der Waals surface area contributed by atoms with Gasteiger partial charge in [-0.25, -0.2) is 0 Å². The lowest BCUT2D eigenvalue weighted by atomic mass is 9.72. The van der Waals surface area contributed by atoms with Crippen LogP contribution in [-0.2, 0) is 0 Å². The Morgan fingerprint density at radius 2 is 2.10 bits per heavy atom. The first-order chi connectivity index (χ1) is 10.3. The van der Waals surface area contributed by atoms with Crippen LogP contribution in [0.4, 0.5) is 0 Å². The molecule has 0 spiro atoms. The molecule has 1 fully saturated rings. The average Bonchev–Trinajstić information content (AvgIpc) is 2.91. The van der Waals surface area contributed by atoms with E-state index in [0.29, 0.717) is 0 Å². The topological polar surface area (TPSA) is 12.0 Å². The van der Waals surface area contributed by atoms with Gasteiger partial charge in [0.1, 0.15) is 0 Å². The molecule has 2 aliphatic rings. The van der Waals surface area contributed by atoms with Crippen molar-refractivity contribution in [1.29, 1.82) is 0 Å². The summed E-state index contributed by atoms with van der Waals surface area (Å²) in [5, 5.41) is 3.61. The molecule has 0 bridgehead atoms.